The third-order valence-electron chi connectivity index (χ3n) is 4.10. The molecule has 0 bridgehead atoms. The van der Waals surface area contributed by atoms with E-state index in [1.165, 1.54) is 12.1 Å². The molecule has 2 rings (SSSR count). The number of hydrogen-bond acceptors (Lipinski definition) is 3. The highest BCUT2D eigenvalue weighted by atomic mass is 127. The van der Waals surface area contributed by atoms with Crippen LogP contribution in [0.25, 0.3) is 0 Å². The zero-order chi connectivity index (χ0) is 20.1. The van der Waals surface area contributed by atoms with Gasteiger partial charge in [0.2, 0.25) is 0 Å². The average Bonchev–Trinajstić information content (AvgIpc) is 2.61. The highest BCUT2D eigenvalue weighted by Gasteiger charge is 2.50. The predicted molar refractivity (Wildman–Crippen MR) is 109 cm³/mol. The highest BCUT2D eigenvalue weighted by Crippen LogP contribution is 2.28. The Hall–Kier alpha value is -1.15. The SMILES string of the molecule is CCNC(=NCc1ccc(F)cc1)NC1CCN(S(=O)(=O)C(F)(F)F)CC1.I. The van der Waals surface area contributed by atoms with Gasteiger partial charge in [-0.3, -0.25) is 0 Å². The van der Waals surface area contributed by atoms with Crippen LogP contribution in [0.2, 0.25) is 0 Å². The van der Waals surface area contributed by atoms with Gasteiger partial charge in [0, 0.05) is 25.7 Å². The molecule has 2 N–H and O–H groups in total. The predicted octanol–water partition coefficient (Wildman–Crippen LogP) is 2.81. The van der Waals surface area contributed by atoms with Gasteiger partial charge in [-0.1, -0.05) is 12.1 Å². The number of piperidine rings is 1. The van der Waals surface area contributed by atoms with Crippen LogP contribution >= 0.6 is 24.0 Å². The third kappa shape index (κ3) is 6.72. The van der Waals surface area contributed by atoms with E-state index in [2.05, 4.69) is 15.6 Å². The molecular formula is C16H23F4IN4O2S. The molecule has 12 heteroatoms. The van der Waals surface area contributed by atoms with Crippen LogP contribution in [0.5, 0.6) is 0 Å². The van der Waals surface area contributed by atoms with Crippen LogP contribution in [0.15, 0.2) is 29.3 Å². The van der Waals surface area contributed by atoms with E-state index in [9.17, 15) is 26.0 Å². The van der Waals surface area contributed by atoms with E-state index in [1.807, 2.05) is 6.92 Å². The maximum atomic E-state index is 12.9. The van der Waals surface area contributed by atoms with Crippen LogP contribution in [-0.4, -0.2) is 49.9 Å². The van der Waals surface area contributed by atoms with Crippen molar-refractivity contribution in [2.24, 2.45) is 4.99 Å². The molecule has 0 aliphatic carbocycles. The van der Waals surface area contributed by atoms with E-state index in [4.69, 9.17) is 0 Å². The van der Waals surface area contributed by atoms with E-state index < -0.39 is 15.5 Å². The molecule has 1 heterocycles. The fourth-order valence-corrected chi connectivity index (χ4v) is 3.64. The smallest absolute Gasteiger partial charge is 0.357 e. The molecule has 1 aliphatic rings. The summed E-state index contributed by atoms with van der Waals surface area (Å²) in [6.45, 7) is 2.33. The second-order valence-corrected chi connectivity index (χ2v) is 8.02. The van der Waals surface area contributed by atoms with Crippen molar-refractivity contribution in [3.63, 3.8) is 0 Å². The summed E-state index contributed by atoms with van der Waals surface area (Å²) in [5.41, 5.74) is -4.47. The number of benzene rings is 1. The van der Waals surface area contributed by atoms with E-state index in [0.717, 1.165) is 5.56 Å². The van der Waals surface area contributed by atoms with E-state index in [0.29, 0.717) is 23.4 Å². The number of aliphatic imine (C=N–C) groups is 1. The molecule has 0 amide bonds. The van der Waals surface area contributed by atoms with Gasteiger partial charge >= 0.3 is 15.5 Å². The van der Waals surface area contributed by atoms with Gasteiger partial charge in [0.15, 0.2) is 5.96 Å². The van der Waals surface area contributed by atoms with Crippen molar-refractivity contribution in [3.05, 3.63) is 35.6 Å². The second kappa shape index (κ2) is 10.6. The lowest BCUT2D eigenvalue weighted by molar-refractivity contribution is -0.0494. The standard InChI is InChI=1S/C16H22F4N4O2S.HI/c1-2-21-15(22-11-12-3-5-13(17)6-4-12)23-14-7-9-24(10-8-14)27(25,26)16(18,19)20;/h3-6,14H,2,7-11H2,1H3,(H2,21,22,23);1H. The van der Waals surface area contributed by atoms with Gasteiger partial charge < -0.3 is 10.6 Å². The number of nitrogens with zero attached hydrogens (tertiary/aromatic N) is 2. The lowest BCUT2D eigenvalue weighted by Crippen LogP contribution is -2.51. The summed E-state index contributed by atoms with van der Waals surface area (Å²) in [5.74, 6) is 0.132. The van der Waals surface area contributed by atoms with Crippen molar-refractivity contribution < 1.29 is 26.0 Å². The molecule has 0 saturated carbocycles. The Balaban J connectivity index is 0.00000392. The number of alkyl halides is 3. The zero-order valence-corrected chi connectivity index (χ0v) is 18.3. The van der Waals surface area contributed by atoms with Crippen LogP contribution in [-0.2, 0) is 16.6 Å². The summed E-state index contributed by atoms with van der Waals surface area (Å²) in [4.78, 5) is 4.37. The molecule has 1 aliphatic heterocycles. The molecule has 1 aromatic carbocycles. The molecular weight excluding hydrogens is 515 g/mol. The third-order valence-corrected chi connectivity index (χ3v) is 5.73. The fraction of sp³-hybridized carbons (Fsp3) is 0.562. The zero-order valence-electron chi connectivity index (χ0n) is 15.2. The second-order valence-electron chi connectivity index (χ2n) is 6.09. The van der Waals surface area contributed by atoms with Gasteiger partial charge in [-0.15, -0.1) is 24.0 Å². The van der Waals surface area contributed by atoms with E-state index in [-0.39, 0.29) is 61.8 Å². The molecule has 0 aromatic heterocycles. The number of rotatable bonds is 5. The summed E-state index contributed by atoms with van der Waals surface area (Å²) in [6, 6.07) is 5.70. The molecule has 28 heavy (non-hydrogen) atoms. The maximum Gasteiger partial charge on any atom is 0.511 e. The molecule has 1 aromatic rings. The van der Waals surface area contributed by atoms with Gasteiger partial charge in [-0.05, 0) is 37.5 Å². The number of nitrogens with one attached hydrogen (secondary N) is 2. The lowest BCUT2D eigenvalue weighted by atomic mass is 10.1. The minimum Gasteiger partial charge on any atom is -0.357 e. The molecule has 0 radical (unpaired) electrons. The van der Waals surface area contributed by atoms with Gasteiger partial charge in [0.25, 0.3) is 0 Å². The summed E-state index contributed by atoms with van der Waals surface area (Å²) in [6.07, 6.45) is 0.465. The van der Waals surface area contributed by atoms with E-state index in [1.54, 1.807) is 12.1 Å². The van der Waals surface area contributed by atoms with Crippen LogP contribution in [0.3, 0.4) is 0 Å². The first-order chi connectivity index (χ1) is 12.6. The summed E-state index contributed by atoms with van der Waals surface area (Å²) < 4.78 is 74.1. The quantitative estimate of drug-likeness (QED) is 0.262. The Kier molecular flexibility index (Phi) is 9.40. The average molecular weight is 538 g/mol. The number of hydrogen-bond donors (Lipinski definition) is 2. The number of halogens is 5. The van der Waals surface area contributed by atoms with Crippen LogP contribution < -0.4 is 10.6 Å². The lowest BCUT2D eigenvalue weighted by Gasteiger charge is -2.32. The molecule has 0 unspecified atom stereocenters. The van der Waals surface area contributed by atoms with Crippen LogP contribution in [0.1, 0.15) is 25.3 Å². The Bertz CT molecular complexity index is 749. The molecule has 0 atom stereocenters. The minimum absolute atomic E-state index is 0. The van der Waals surface area contributed by atoms with Crippen molar-refractivity contribution in [1.82, 2.24) is 14.9 Å². The van der Waals surface area contributed by atoms with Gasteiger partial charge in [0.05, 0.1) is 6.54 Å². The summed E-state index contributed by atoms with van der Waals surface area (Å²) >= 11 is 0. The van der Waals surface area contributed by atoms with Crippen LogP contribution in [0.4, 0.5) is 17.6 Å². The van der Waals surface area contributed by atoms with E-state index >= 15 is 0 Å². The molecule has 160 valence electrons. The van der Waals surface area contributed by atoms with Crippen molar-refractivity contribution >= 4 is 40.0 Å². The normalized spacial score (nSPS) is 17.1. The first-order valence-electron chi connectivity index (χ1n) is 8.49. The molecule has 0 spiro atoms. The van der Waals surface area contributed by atoms with Crippen molar-refractivity contribution in [1.29, 1.82) is 0 Å². The largest absolute Gasteiger partial charge is 0.511 e. The van der Waals surface area contributed by atoms with Crippen molar-refractivity contribution in [2.75, 3.05) is 19.6 Å². The first kappa shape index (κ1) is 24.9. The fourth-order valence-electron chi connectivity index (χ4n) is 2.66. The number of sulfonamides is 1. The Morgan fingerprint density at radius 2 is 1.79 bits per heavy atom. The summed E-state index contributed by atoms with van der Waals surface area (Å²) in [5, 5.41) is 6.14. The van der Waals surface area contributed by atoms with Gasteiger partial charge in [0.1, 0.15) is 5.82 Å². The Morgan fingerprint density at radius 3 is 2.29 bits per heavy atom. The molecule has 1 saturated heterocycles. The Morgan fingerprint density at radius 1 is 1.21 bits per heavy atom. The minimum atomic E-state index is -5.28. The summed E-state index contributed by atoms with van der Waals surface area (Å²) in [7, 11) is -5.28. The molecule has 6 nitrogen and oxygen atoms in total. The van der Waals surface area contributed by atoms with Gasteiger partial charge in [-0.25, -0.2) is 17.8 Å². The van der Waals surface area contributed by atoms with Crippen molar-refractivity contribution in [3.8, 4) is 0 Å². The number of guanidine groups is 1. The van der Waals surface area contributed by atoms with Crippen LogP contribution in [0, 0.1) is 5.82 Å². The first-order valence-corrected chi connectivity index (χ1v) is 9.93. The Labute approximate surface area is 178 Å². The monoisotopic (exact) mass is 538 g/mol. The molecule has 1 fully saturated rings. The maximum absolute atomic E-state index is 12.9. The highest BCUT2D eigenvalue weighted by molar-refractivity contribution is 14.0. The van der Waals surface area contributed by atoms with Gasteiger partial charge in [-0.2, -0.15) is 17.5 Å². The van der Waals surface area contributed by atoms with Crippen molar-refractivity contribution in [2.45, 2.75) is 37.9 Å². The topological polar surface area (TPSA) is 73.8 Å².